The van der Waals surface area contributed by atoms with E-state index in [4.69, 9.17) is 9.73 Å². The number of hydrogen-bond acceptors (Lipinski definition) is 5. The molecular weight excluding hydrogens is 469 g/mol. The smallest absolute Gasteiger partial charge is 0.191 e. The van der Waals surface area contributed by atoms with Crippen molar-refractivity contribution >= 4 is 29.9 Å². The van der Waals surface area contributed by atoms with Gasteiger partial charge in [-0.1, -0.05) is 13.8 Å². The predicted octanol–water partition coefficient (Wildman–Crippen LogP) is 1.90. The number of aryl methyl sites for hydroxylation is 1. The van der Waals surface area contributed by atoms with E-state index in [9.17, 15) is 0 Å². The first kappa shape index (κ1) is 25.1. The summed E-state index contributed by atoms with van der Waals surface area (Å²) in [4.78, 5) is 7.36. The fraction of sp³-hybridized carbons (Fsp3) is 0.842. The van der Waals surface area contributed by atoms with Crippen LogP contribution in [0, 0.1) is 0 Å². The molecule has 2 heterocycles. The minimum absolute atomic E-state index is 0. The van der Waals surface area contributed by atoms with Crippen LogP contribution < -0.4 is 10.6 Å². The quantitative estimate of drug-likeness (QED) is 0.302. The lowest BCUT2D eigenvalue weighted by Gasteiger charge is -2.40. The van der Waals surface area contributed by atoms with E-state index in [2.05, 4.69) is 64.9 Å². The van der Waals surface area contributed by atoms with Crippen molar-refractivity contribution in [3.8, 4) is 0 Å². The molecule has 1 unspecified atom stereocenters. The third kappa shape index (κ3) is 7.82. The van der Waals surface area contributed by atoms with Crippen LogP contribution in [0.1, 0.15) is 46.9 Å². The Bertz CT molecular complexity index is 585. The van der Waals surface area contributed by atoms with Gasteiger partial charge in [0.2, 0.25) is 0 Å². The zero-order chi connectivity index (χ0) is 19.7. The topological polar surface area (TPSA) is 79.6 Å². The number of hydrogen-bond donors (Lipinski definition) is 2. The summed E-state index contributed by atoms with van der Waals surface area (Å²) in [6.07, 6.45) is 3.74. The Balaban J connectivity index is 0.00000392. The molecular formula is C19H38IN7O. The highest BCUT2D eigenvalue weighted by atomic mass is 127. The van der Waals surface area contributed by atoms with Crippen molar-refractivity contribution < 1.29 is 4.74 Å². The molecule has 1 fully saturated rings. The second-order valence-corrected chi connectivity index (χ2v) is 7.75. The molecule has 162 valence electrons. The minimum Gasteiger partial charge on any atom is -0.379 e. The average Bonchev–Trinajstić information content (AvgIpc) is 3.14. The first-order valence-electron chi connectivity index (χ1n) is 10.2. The van der Waals surface area contributed by atoms with Crippen LogP contribution in [0.5, 0.6) is 0 Å². The monoisotopic (exact) mass is 507 g/mol. The van der Waals surface area contributed by atoms with Crippen LogP contribution in [-0.4, -0.2) is 76.6 Å². The number of aliphatic imine (C=N–C) groups is 1. The predicted molar refractivity (Wildman–Crippen MR) is 124 cm³/mol. The molecule has 1 saturated heterocycles. The zero-order valence-electron chi connectivity index (χ0n) is 18.1. The molecule has 9 heteroatoms. The highest BCUT2D eigenvalue weighted by Crippen LogP contribution is 2.16. The zero-order valence-corrected chi connectivity index (χ0v) is 20.4. The van der Waals surface area contributed by atoms with Crippen molar-refractivity contribution in [1.29, 1.82) is 0 Å². The van der Waals surface area contributed by atoms with Gasteiger partial charge >= 0.3 is 0 Å². The summed E-state index contributed by atoms with van der Waals surface area (Å²) in [5.41, 5.74) is 0.0114. The van der Waals surface area contributed by atoms with E-state index in [0.717, 1.165) is 70.6 Å². The van der Waals surface area contributed by atoms with E-state index in [1.807, 2.05) is 0 Å². The van der Waals surface area contributed by atoms with Gasteiger partial charge in [0.05, 0.1) is 19.8 Å². The van der Waals surface area contributed by atoms with Gasteiger partial charge in [0.1, 0.15) is 12.2 Å². The fourth-order valence-corrected chi connectivity index (χ4v) is 3.06. The molecule has 1 atom stereocenters. The third-order valence-electron chi connectivity index (χ3n) is 5.14. The summed E-state index contributed by atoms with van der Waals surface area (Å²) >= 11 is 0. The number of nitrogens with one attached hydrogen (secondary N) is 2. The largest absolute Gasteiger partial charge is 0.379 e. The summed E-state index contributed by atoms with van der Waals surface area (Å²) in [6, 6.07) is 0.379. The number of guanidine groups is 1. The lowest BCUT2D eigenvalue weighted by molar-refractivity contribution is -0.00684. The summed E-state index contributed by atoms with van der Waals surface area (Å²) in [5, 5.41) is 15.1. The van der Waals surface area contributed by atoms with Gasteiger partial charge in [0.15, 0.2) is 5.96 Å². The molecule has 0 bridgehead atoms. The number of aromatic nitrogens is 3. The van der Waals surface area contributed by atoms with Crippen LogP contribution in [0.4, 0.5) is 0 Å². The van der Waals surface area contributed by atoms with E-state index in [1.54, 1.807) is 6.33 Å². The molecule has 2 N–H and O–H groups in total. The number of rotatable bonds is 9. The molecule has 1 aliphatic rings. The van der Waals surface area contributed by atoms with Gasteiger partial charge in [-0.25, -0.2) is 0 Å². The van der Waals surface area contributed by atoms with Gasteiger partial charge in [-0.3, -0.25) is 9.89 Å². The SMILES string of the molecule is CCc1nncn1CCNC(=NCC(C)(C)N1CCOCC1)NC(C)CC.I. The van der Waals surface area contributed by atoms with Gasteiger partial charge < -0.3 is 19.9 Å². The molecule has 0 aliphatic carbocycles. The van der Waals surface area contributed by atoms with Gasteiger partial charge in [0.25, 0.3) is 0 Å². The van der Waals surface area contributed by atoms with Crippen LogP contribution in [0.15, 0.2) is 11.3 Å². The molecule has 0 spiro atoms. The van der Waals surface area contributed by atoms with Crippen LogP contribution in [0.3, 0.4) is 0 Å². The van der Waals surface area contributed by atoms with E-state index >= 15 is 0 Å². The van der Waals surface area contributed by atoms with Crippen molar-refractivity contribution in [2.24, 2.45) is 4.99 Å². The number of halogens is 1. The van der Waals surface area contributed by atoms with Gasteiger partial charge in [0, 0.05) is 44.2 Å². The number of nitrogens with zero attached hydrogens (tertiary/aromatic N) is 5. The average molecular weight is 507 g/mol. The Labute approximate surface area is 186 Å². The van der Waals surface area contributed by atoms with Gasteiger partial charge in [-0.15, -0.1) is 34.2 Å². The highest BCUT2D eigenvalue weighted by molar-refractivity contribution is 14.0. The second-order valence-electron chi connectivity index (χ2n) is 7.75. The van der Waals surface area contributed by atoms with Gasteiger partial charge in [-0.2, -0.15) is 0 Å². The van der Waals surface area contributed by atoms with E-state index < -0.39 is 0 Å². The maximum absolute atomic E-state index is 5.48. The molecule has 1 aromatic heterocycles. The summed E-state index contributed by atoms with van der Waals surface area (Å²) < 4.78 is 7.57. The van der Waals surface area contributed by atoms with Crippen LogP contribution in [-0.2, 0) is 17.7 Å². The molecule has 0 aromatic carbocycles. The van der Waals surface area contributed by atoms with E-state index in [1.165, 1.54) is 0 Å². The Morgan fingerprint density at radius 3 is 2.68 bits per heavy atom. The normalized spacial score (nSPS) is 17.1. The maximum Gasteiger partial charge on any atom is 0.191 e. The Morgan fingerprint density at radius 2 is 2.04 bits per heavy atom. The lowest BCUT2D eigenvalue weighted by Crippen LogP contribution is -2.52. The standard InChI is InChI=1S/C19H37N7O.HI/c1-6-16(3)23-18(20-8-9-25-15-22-24-17(25)7-2)21-14-19(4,5)26-10-12-27-13-11-26;/h15-16H,6-14H2,1-5H3,(H2,20,21,23);1H. The van der Waals surface area contributed by atoms with Crippen molar-refractivity contribution in [2.75, 3.05) is 39.4 Å². The molecule has 2 rings (SSSR count). The molecule has 0 saturated carbocycles. The van der Waals surface area contributed by atoms with Crippen molar-refractivity contribution in [1.82, 2.24) is 30.3 Å². The van der Waals surface area contributed by atoms with Crippen molar-refractivity contribution in [2.45, 2.75) is 65.6 Å². The molecule has 28 heavy (non-hydrogen) atoms. The van der Waals surface area contributed by atoms with Crippen molar-refractivity contribution in [3.63, 3.8) is 0 Å². The highest BCUT2D eigenvalue weighted by Gasteiger charge is 2.28. The molecule has 8 nitrogen and oxygen atoms in total. The van der Waals surface area contributed by atoms with Crippen molar-refractivity contribution in [3.05, 3.63) is 12.2 Å². The van der Waals surface area contributed by atoms with Crippen LogP contribution in [0.25, 0.3) is 0 Å². The Morgan fingerprint density at radius 1 is 1.32 bits per heavy atom. The summed E-state index contributed by atoms with van der Waals surface area (Å²) in [7, 11) is 0. The minimum atomic E-state index is 0. The number of morpholine rings is 1. The summed E-state index contributed by atoms with van der Waals surface area (Å²) in [5.74, 6) is 1.88. The molecule has 1 aliphatic heterocycles. The summed E-state index contributed by atoms with van der Waals surface area (Å²) in [6.45, 7) is 16.9. The molecule has 0 radical (unpaired) electrons. The van der Waals surface area contributed by atoms with E-state index in [0.29, 0.717) is 6.04 Å². The lowest BCUT2D eigenvalue weighted by atomic mass is 10.0. The first-order chi connectivity index (χ1) is 13.0. The van der Waals surface area contributed by atoms with Crippen LogP contribution in [0.2, 0.25) is 0 Å². The maximum atomic E-state index is 5.48. The fourth-order valence-electron chi connectivity index (χ4n) is 3.06. The Kier molecular flexibility index (Phi) is 11.3. The van der Waals surface area contributed by atoms with Gasteiger partial charge in [-0.05, 0) is 27.2 Å². The number of ether oxygens (including phenoxy) is 1. The molecule has 1 aromatic rings. The Hall–Kier alpha value is -0.940. The van der Waals surface area contributed by atoms with Crippen LogP contribution >= 0.6 is 24.0 Å². The second kappa shape index (κ2) is 12.6. The molecule has 0 amide bonds. The van der Waals surface area contributed by atoms with E-state index in [-0.39, 0.29) is 29.5 Å². The first-order valence-corrected chi connectivity index (χ1v) is 10.2. The third-order valence-corrected chi connectivity index (χ3v) is 5.14.